The van der Waals surface area contributed by atoms with Gasteiger partial charge >= 0.3 is 0 Å². The van der Waals surface area contributed by atoms with Gasteiger partial charge in [0.05, 0.1) is 5.60 Å². The lowest BCUT2D eigenvalue weighted by molar-refractivity contribution is 0.0199. The van der Waals surface area contributed by atoms with E-state index < -0.39 is 5.60 Å². The highest BCUT2D eigenvalue weighted by Gasteiger charge is 2.27. The van der Waals surface area contributed by atoms with Crippen LogP contribution in [0.4, 0.5) is 0 Å². The average Bonchev–Trinajstić information content (AvgIpc) is 2.17. The van der Waals surface area contributed by atoms with Gasteiger partial charge in [-0.2, -0.15) is 0 Å². The topological polar surface area (TPSA) is 49.5 Å². The number of nitrogens with zero attached hydrogens (tertiary/aromatic N) is 1. The van der Waals surface area contributed by atoms with Crippen LogP contribution in [0.25, 0.3) is 0 Å². The molecule has 0 aromatic heterocycles. The summed E-state index contributed by atoms with van der Waals surface area (Å²) in [5.74, 6) is 0.795. The first-order valence-corrected chi connectivity index (χ1v) is 6.11. The van der Waals surface area contributed by atoms with E-state index in [4.69, 9.17) is 5.73 Å². The highest BCUT2D eigenvalue weighted by Crippen LogP contribution is 2.21. The predicted octanol–water partition coefficient (Wildman–Crippen LogP) is 1.21. The molecule has 0 amide bonds. The quantitative estimate of drug-likeness (QED) is 0.739. The summed E-state index contributed by atoms with van der Waals surface area (Å²) in [6, 6.07) is 0.436. The maximum atomic E-state index is 9.94. The van der Waals surface area contributed by atoms with Crippen molar-refractivity contribution in [2.24, 2.45) is 11.7 Å². The Morgan fingerprint density at radius 1 is 1.60 bits per heavy atom. The van der Waals surface area contributed by atoms with E-state index in [-0.39, 0.29) is 0 Å². The van der Waals surface area contributed by atoms with Gasteiger partial charge in [-0.05, 0) is 45.6 Å². The molecule has 1 heterocycles. The highest BCUT2D eigenvalue weighted by atomic mass is 16.3. The van der Waals surface area contributed by atoms with Crippen LogP contribution >= 0.6 is 0 Å². The fourth-order valence-corrected chi connectivity index (χ4v) is 2.47. The lowest BCUT2D eigenvalue weighted by atomic mass is 9.93. The molecular weight excluding hydrogens is 188 g/mol. The van der Waals surface area contributed by atoms with Crippen molar-refractivity contribution in [3.63, 3.8) is 0 Å². The Kier molecular flexibility index (Phi) is 4.56. The summed E-state index contributed by atoms with van der Waals surface area (Å²) in [5, 5.41) is 9.94. The van der Waals surface area contributed by atoms with E-state index >= 15 is 0 Å². The third kappa shape index (κ3) is 4.09. The van der Waals surface area contributed by atoms with Crippen LogP contribution in [-0.2, 0) is 0 Å². The monoisotopic (exact) mass is 214 g/mol. The number of aliphatic hydroxyl groups is 1. The molecule has 0 radical (unpaired) electrons. The maximum absolute atomic E-state index is 9.94. The molecule has 0 saturated carbocycles. The van der Waals surface area contributed by atoms with E-state index in [1.807, 2.05) is 6.92 Å². The molecule has 3 atom stereocenters. The maximum Gasteiger partial charge on any atom is 0.0756 e. The Hall–Kier alpha value is -0.120. The Morgan fingerprint density at radius 2 is 2.27 bits per heavy atom. The number of likely N-dealkylation sites (tertiary alicyclic amines) is 1. The van der Waals surface area contributed by atoms with E-state index in [0.717, 1.165) is 12.3 Å². The van der Waals surface area contributed by atoms with Gasteiger partial charge in [0.15, 0.2) is 0 Å². The standard InChI is InChI=1S/C12H26N2O/c1-10-5-4-6-14(8-10)11(2)7-12(3,15)9-13/h10-11,15H,4-9,13H2,1-3H3. The largest absolute Gasteiger partial charge is 0.389 e. The van der Waals surface area contributed by atoms with Crippen molar-refractivity contribution in [1.82, 2.24) is 4.90 Å². The van der Waals surface area contributed by atoms with Crippen molar-refractivity contribution >= 4 is 0 Å². The summed E-state index contributed by atoms with van der Waals surface area (Å²) in [6.07, 6.45) is 3.41. The van der Waals surface area contributed by atoms with Crippen LogP contribution in [-0.4, -0.2) is 41.3 Å². The average molecular weight is 214 g/mol. The smallest absolute Gasteiger partial charge is 0.0756 e. The van der Waals surface area contributed by atoms with E-state index in [0.29, 0.717) is 12.6 Å². The molecule has 0 spiro atoms. The van der Waals surface area contributed by atoms with Crippen LogP contribution in [0.5, 0.6) is 0 Å². The van der Waals surface area contributed by atoms with Gasteiger partial charge < -0.3 is 15.7 Å². The summed E-state index contributed by atoms with van der Waals surface area (Å²) >= 11 is 0. The molecule has 3 unspecified atom stereocenters. The molecule has 0 aromatic rings. The zero-order chi connectivity index (χ0) is 11.5. The third-order valence-electron chi connectivity index (χ3n) is 3.49. The SMILES string of the molecule is CC1CCCN(C(C)CC(C)(O)CN)C1. The zero-order valence-electron chi connectivity index (χ0n) is 10.4. The van der Waals surface area contributed by atoms with Crippen molar-refractivity contribution in [2.75, 3.05) is 19.6 Å². The molecule has 90 valence electrons. The minimum atomic E-state index is -0.708. The first-order valence-electron chi connectivity index (χ1n) is 6.11. The summed E-state index contributed by atoms with van der Waals surface area (Å²) < 4.78 is 0. The minimum Gasteiger partial charge on any atom is -0.389 e. The van der Waals surface area contributed by atoms with Gasteiger partial charge in [0.2, 0.25) is 0 Å². The minimum absolute atomic E-state index is 0.348. The van der Waals surface area contributed by atoms with E-state index in [9.17, 15) is 5.11 Å². The summed E-state index contributed by atoms with van der Waals surface area (Å²) in [4.78, 5) is 2.48. The van der Waals surface area contributed by atoms with Crippen LogP contribution in [0.1, 0.15) is 40.0 Å². The number of hydrogen-bond donors (Lipinski definition) is 2. The molecule has 15 heavy (non-hydrogen) atoms. The summed E-state index contributed by atoms with van der Waals surface area (Å²) in [7, 11) is 0. The molecule has 3 heteroatoms. The van der Waals surface area contributed by atoms with Crippen LogP contribution in [0.2, 0.25) is 0 Å². The Bertz CT molecular complexity index is 194. The molecule has 1 saturated heterocycles. The Morgan fingerprint density at radius 3 is 2.80 bits per heavy atom. The van der Waals surface area contributed by atoms with Crippen LogP contribution in [0, 0.1) is 5.92 Å². The fourth-order valence-electron chi connectivity index (χ4n) is 2.47. The number of rotatable bonds is 4. The van der Waals surface area contributed by atoms with Crippen LogP contribution in [0.15, 0.2) is 0 Å². The van der Waals surface area contributed by atoms with Crippen molar-refractivity contribution in [3.05, 3.63) is 0 Å². The molecule has 1 rings (SSSR count). The van der Waals surface area contributed by atoms with Gasteiger partial charge in [-0.3, -0.25) is 0 Å². The van der Waals surface area contributed by atoms with Gasteiger partial charge in [0.25, 0.3) is 0 Å². The van der Waals surface area contributed by atoms with Crippen molar-refractivity contribution in [1.29, 1.82) is 0 Å². The second-order valence-electron chi connectivity index (χ2n) is 5.50. The number of nitrogens with two attached hydrogens (primary N) is 1. The molecular formula is C12H26N2O. The zero-order valence-corrected chi connectivity index (χ0v) is 10.4. The molecule has 3 N–H and O–H groups in total. The highest BCUT2D eigenvalue weighted by molar-refractivity contribution is 4.83. The first-order chi connectivity index (χ1) is 6.94. The lowest BCUT2D eigenvalue weighted by Crippen LogP contribution is -2.46. The van der Waals surface area contributed by atoms with Gasteiger partial charge in [0, 0.05) is 19.1 Å². The Labute approximate surface area is 93.6 Å². The van der Waals surface area contributed by atoms with Crippen molar-refractivity contribution in [3.8, 4) is 0 Å². The molecule has 1 aliphatic rings. The first kappa shape index (κ1) is 12.9. The Balaban J connectivity index is 2.42. The number of piperidine rings is 1. The molecule has 0 aliphatic carbocycles. The molecule has 1 fully saturated rings. The van der Waals surface area contributed by atoms with Gasteiger partial charge in [0.1, 0.15) is 0 Å². The predicted molar refractivity (Wildman–Crippen MR) is 63.7 cm³/mol. The van der Waals surface area contributed by atoms with E-state index in [1.54, 1.807) is 0 Å². The summed E-state index contributed by atoms with van der Waals surface area (Å²) in [5.41, 5.74) is 4.83. The summed E-state index contributed by atoms with van der Waals surface area (Å²) in [6.45, 7) is 9.02. The molecule has 0 aromatic carbocycles. The van der Waals surface area contributed by atoms with Gasteiger partial charge in [-0.1, -0.05) is 6.92 Å². The van der Waals surface area contributed by atoms with E-state index in [2.05, 4.69) is 18.7 Å². The van der Waals surface area contributed by atoms with Crippen molar-refractivity contribution in [2.45, 2.75) is 51.7 Å². The second-order valence-corrected chi connectivity index (χ2v) is 5.50. The van der Waals surface area contributed by atoms with Crippen LogP contribution < -0.4 is 5.73 Å². The van der Waals surface area contributed by atoms with Gasteiger partial charge in [-0.15, -0.1) is 0 Å². The van der Waals surface area contributed by atoms with Gasteiger partial charge in [-0.25, -0.2) is 0 Å². The molecule has 0 bridgehead atoms. The molecule has 1 aliphatic heterocycles. The lowest BCUT2D eigenvalue weighted by Gasteiger charge is -2.38. The normalized spacial score (nSPS) is 29.8. The van der Waals surface area contributed by atoms with Crippen molar-refractivity contribution < 1.29 is 5.11 Å². The second kappa shape index (κ2) is 5.28. The van der Waals surface area contributed by atoms with E-state index in [1.165, 1.54) is 25.9 Å². The third-order valence-corrected chi connectivity index (χ3v) is 3.49. The molecule has 3 nitrogen and oxygen atoms in total. The van der Waals surface area contributed by atoms with Crippen LogP contribution in [0.3, 0.4) is 0 Å². The number of hydrogen-bond acceptors (Lipinski definition) is 3. The fraction of sp³-hybridized carbons (Fsp3) is 1.00.